The van der Waals surface area contributed by atoms with Gasteiger partial charge in [-0.25, -0.2) is 0 Å². The lowest BCUT2D eigenvalue weighted by atomic mass is 10.2. The lowest BCUT2D eigenvalue weighted by molar-refractivity contribution is 0.0326. The number of halogens is 1. The minimum atomic E-state index is -0.702. The molecule has 1 rings (SSSR count). The van der Waals surface area contributed by atoms with Crippen molar-refractivity contribution in [3.05, 3.63) is 28.8 Å². The minimum Gasteiger partial charge on any atom is -0.489 e. The van der Waals surface area contributed by atoms with Gasteiger partial charge in [-0.1, -0.05) is 11.6 Å². The van der Waals surface area contributed by atoms with Crippen LogP contribution in [-0.2, 0) is 4.74 Å². The van der Waals surface area contributed by atoms with Crippen molar-refractivity contribution in [2.24, 2.45) is 0 Å². The molecule has 16 heavy (non-hydrogen) atoms. The number of aldehydes is 1. The van der Waals surface area contributed by atoms with Crippen molar-refractivity contribution in [3.63, 3.8) is 0 Å². The summed E-state index contributed by atoms with van der Waals surface area (Å²) in [6.45, 7) is 0.290. The number of hydrogen-bond acceptors (Lipinski definition) is 4. The highest BCUT2D eigenvalue weighted by Gasteiger charge is 2.07. The molecule has 1 N–H and O–H groups in total. The van der Waals surface area contributed by atoms with E-state index in [1.165, 1.54) is 13.2 Å². The van der Waals surface area contributed by atoms with Crippen molar-refractivity contribution in [3.8, 4) is 5.75 Å². The van der Waals surface area contributed by atoms with Crippen LogP contribution in [0.25, 0.3) is 0 Å². The van der Waals surface area contributed by atoms with Crippen LogP contribution in [0, 0.1) is 0 Å². The van der Waals surface area contributed by atoms with Crippen LogP contribution in [0.1, 0.15) is 10.4 Å². The number of carbonyl (C=O) groups excluding carboxylic acids is 1. The van der Waals surface area contributed by atoms with E-state index in [1.54, 1.807) is 12.1 Å². The average Bonchev–Trinajstić information content (AvgIpc) is 2.27. The number of hydrogen-bond donors (Lipinski definition) is 1. The third-order valence-electron chi connectivity index (χ3n) is 1.88. The van der Waals surface area contributed by atoms with Crippen molar-refractivity contribution in [2.45, 2.75) is 6.10 Å². The van der Waals surface area contributed by atoms with Crippen LogP contribution in [0.15, 0.2) is 18.2 Å². The fourth-order valence-corrected chi connectivity index (χ4v) is 1.38. The molecule has 0 bridgehead atoms. The number of benzene rings is 1. The molecule has 1 atom stereocenters. The van der Waals surface area contributed by atoms with E-state index in [0.29, 0.717) is 22.6 Å². The molecule has 0 aliphatic heterocycles. The van der Waals surface area contributed by atoms with Crippen LogP contribution in [0.2, 0.25) is 5.02 Å². The van der Waals surface area contributed by atoms with Crippen LogP contribution in [0.4, 0.5) is 0 Å². The Hall–Kier alpha value is -1.10. The second-order valence-corrected chi connectivity index (χ2v) is 3.64. The monoisotopic (exact) mass is 244 g/mol. The average molecular weight is 245 g/mol. The highest BCUT2D eigenvalue weighted by molar-refractivity contribution is 6.32. The van der Waals surface area contributed by atoms with E-state index in [1.807, 2.05) is 0 Å². The number of carbonyl (C=O) groups is 1. The number of ether oxygens (including phenoxy) is 2. The Bertz CT molecular complexity index is 354. The molecular weight excluding hydrogens is 232 g/mol. The predicted molar refractivity (Wildman–Crippen MR) is 60.2 cm³/mol. The summed E-state index contributed by atoms with van der Waals surface area (Å²) in [5.74, 6) is 0.433. The third kappa shape index (κ3) is 3.81. The molecule has 0 heterocycles. The van der Waals surface area contributed by atoms with Gasteiger partial charge >= 0.3 is 0 Å². The highest BCUT2D eigenvalue weighted by Crippen LogP contribution is 2.24. The molecule has 0 aliphatic rings. The quantitative estimate of drug-likeness (QED) is 0.772. The Morgan fingerprint density at radius 1 is 1.50 bits per heavy atom. The molecule has 5 heteroatoms. The number of rotatable bonds is 6. The first-order chi connectivity index (χ1) is 7.67. The van der Waals surface area contributed by atoms with Crippen LogP contribution < -0.4 is 4.74 Å². The van der Waals surface area contributed by atoms with Crippen LogP contribution in [-0.4, -0.2) is 37.8 Å². The van der Waals surface area contributed by atoms with Crippen LogP contribution >= 0.6 is 11.6 Å². The summed E-state index contributed by atoms with van der Waals surface area (Å²) in [6.07, 6.45) is 0.00178. The van der Waals surface area contributed by atoms with Gasteiger partial charge in [-0.05, 0) is 18.2 Å². The van der Waals surface area contributed by atoms with Crippen LogP contribution in [0.3, 0.4) is 0 Å². The third-order valence-corrected chi connectivity index (χ3v) is 2.18. The van der Waals surface area contributed by atoms with Gasteiger partial charge in [0.2, 0.25) is 0 Å². The van der Waals surface area contributed by atoms with Crippen molar-refractivity contribution < 1.29 is 19.4 Å². The van der Waals surface area contributed by atoms with Crippen molar-refractivity contribution in [2.75, 3.05) is 20.3 Å². The van der Waals surface area contributed by atoms with Crippen molar-refractivity contribution in [1.29, 1.82) is 0 Å². The Kier molecular flexibility index (Phi) is 5.25. The topological polar surface area (TPSA) is 55.8 Å². The summed E-state index contributed by atoms with van der Waals surface area (Å²) >= 11 is 5.87. The summed E-state index contributed by atoms with van der Waals surface area (Å²) in [7, 11) is 1.50. The molecule has 0 fully saturated rings. The van der Waals surface area contributed by atoms with Gasteiger partial charge in [-0.3, -0.25) is 4.79 Å². The fourth-order valence-electron chi connectivity index (χ4n) is 1.13. The van der Waals surface area contributed by atoms with E-state index >= 15 is 0 Å². The Labute approximate surface area is 98.7 Å². The minimum absolute atomic E-state index is 0.0913. The lowest BCUT2D eigenvalue weighted by Gasteiger charge is -2.12. The molecule has 0 saturated carbocycles. The van der Waals surface area contributed by atoms with Gasteiger partial charge in [0.05, 0.1) is 11.6 Å². The van der Waals surface area contributed by atoms with E-state index in [4.69, 9.17) is 21.1 Å². The molecular formula is C11H13ClO4. The first-order valence-corrected chi connectivity index (χ1v) is 5.09. The molecule has 1 unspecified atom stereocenters. The number of methoxy groups -OCH3 is 1. The predicted octanol–water partition coefficient (Wildman–Crippen LogP) is 1.54. The maximum absolute atomic E-state index is 10.5. The standard InChI is InChI=1S/C11H13ClO4/c1-15-6-9(14)7-16-11-3-2-8(5-13)4-10(11)12/h2-5,9,14H,6-7H2,1H3. The Morgan fingerprint density at radius 3 is 2.81 bits per heavy atom. The molecule has 0 radical (unpaired) electrons. The first kappa shape index (κ1) is 13.0. The van der Waals surface area contributed by atoms with Gasteiger partial charge in [-0.2, -0.15) is 0 Å². The molecule has 0 aromatic heterocycles. The fraction of sp³-hybridized carbons (Fsp3) is 0.364. The largest absolute Gasteiger partial charge is 0.489 e. The molecule has 0 aliphatic carbocycles. The van der Waals surface area contributed by atoms with E-state index in [9.17, 15) is 9.90 Å². The van der Waals surface area contributed by atoms with Gasteiger partial charge in [-0.15, -0.1) is 0 Å². The smallest absolute Gasteiger partial charge is 0.150 e. The second kappa shape index (κ2) is 6.48. The summed E-state index contributed by atoms with van der Waals surface area (Å²) in [6, 6.07) is 4.69. The zero-order valence-corrected chi connectivity index (χ0v) is 9.61. The highest BCUT2D eigenvalue weighted by atomic mass is 35.5. The van der Waals surface area contributed by atoms with Gasteiger partial charge in [0, 0.05) is 12.7 Å². The van der Waals surface area contributed by atoms with Crippen LogP contribution in [0.5, 0.6) is 5.75 Å². The first-order valence-electron chi connectivity index (χ1n) is 4.72. The molecule has 1 aromatic carbocycles. The summed E-state index contributed by atoms with van der Waals surface area (Å²) in [5.41, 5.74) is 0.481. The van der Waals surface area contributed by atoms with E-state index in [2.05, 4.69) is 0 Å². The maximum atomic E-state index is 10.5. The molecule has 0 saturated heterocycles. The number of aliphatic hydroxyl groups excluding tert-OH is 1. The van der Waals surface area contributed by atoms with Gasteiger partial charge in [0.15, 0.2) is 0 Å². The molecule has 1 aromatic rings. The summed E-state index contributed by atoms with van der Waals surface area (Å²) < 4.78 is 10.0. The summed E-state index contributed by atoms with van der Waals surface area (Å²) in [4.78, 5) is 10.5. The van der Waals surface area contributed by atoms with Gasteiger partial charge in [0.1, 0.15) is 24.7 Å². The number of aliphatic hydroxyl groups is 1. The van der Waals surface area contributed by atoms with Crippen molar-refractivity contribution >= 4 is 17.9 Å². The SMILES string of the molecule is COCC(O)COc1ccc(C=O)cc1Cl. The van der Waals surface area contributed by atoms with Crippen molar-refractivity contribution in [1.82, 2.24) is 0 Å². The normalized spacial score (nSPS) is 12.2. The lowest BCUT2D eigenvalue weighted by Crippen LogP contribution is -2.22. The molecule has 0 spiro atoms. The zero-order valence-electron chi connectivity index (χ0n) is 8.85. The van der Waals surface area contributed by atoms with Gasteiger partial charge < -0.3 is 14.6 Å². The summed E-state index contributed by atoms with van der Waals surface area (Å²) in [5, 5.41) is 9.69. The Balaban J connectivity index is 2.57. The zero-order chi connectivity index (χ0) is 12.0. The maximum Gasteiger partial charge on any atom is 0.150 e. The van der Waals surface area contributed by atoms with E-state index in [0.717, 1.165) is 0 Å². The molecule has 4 nitrogen and oxygen atoms in total. The van der Waals surface area contributed by atoms with Gasteiger partial charge in [0.25, 0.3) is 0 Å². The van der Waals surface area contributed by atoms with E-state index in [-0.39, 0.29) is 13.2 Å². The molecule has 88 valence electrons. The Morgan fingerprint density at radius 2 is 2.25 bits per heavy atom. The second-order valence-electron chi connectivity index (χ2n) is 3.23. The van der Waals surface area contributed by atoms with E-state index < -0.39 is 6.10 Å². The molecule has 0 amide bonds.